The van der Waals surface area contributed by atoms with Gasteiger partial charge in [0.2, 0.25) is 6.79 Å². The van der Waals surface area contributed by atoms with E-state index in [4.69, 9.17) is 30.5 Å². The molecule has 1 aliphatic rings. The number of hydrogen-bond acceptors (Lipinski definition) is 5. The highest BCUT2D eigenvalue weighted by atomic mass is 35.5. The van der Waals surface area contributed by atoms with Gasteiger partial charge in [-0.2, -0.15) is 0 Å². The molecule has 1 N–H and O–H groups in total. The molecule has 0 fully saturated rings. The second-order valence-electron chi connectivity index (χ2n) is 10.6. The minimum atomic E-state index is -0.337. The first-order valence-corrected chi connectivity index (χ1v) is 13.7. The number of hydrogen-bond donors (Lipinski definition) is 1. The van der Waals surface area contributed by atoms with Gasteiger partial charge < -0.3 is 24.3 Å². The van der Waals surface area contributed by atoms with Crippen molar-refractivity contribution in [2.24, 2.45) is 0 Å². The molecule has 0 aromatic heterocycles. The topological polar surface area (TPSA) is 49.0 Å². The van der Waals surface area contributed by atoms with Gasteiger partial charge in [0.05, 0.1) is 17.7 Å². The van der Waals surface area contributed by atoms with E-state index in [-0.39, 0.29) is 24.8 Å². The van der Waals surface area contributed by atoms with E-state index in [1.165, 1.54) is 12.1 Å². The smallest absolute Gasteiger partial charge is 0.230 e. The average Bonchev–Trinajstić information content (AvgIpc) is 2.93. The number of ether oxygens (including phenoxy) is 4. The lowest BCUT2D eigenvalue weighted by molar-refractivity contribution is 0.119. The maximum Gasteiger partial charge on any atom is 0.230 e. The first-order valence-electron chi connectivity index (χ1n) is 13.4. The van der Waals surface area contributed by atoms with E-state index in [0.29, 0.717) is 28.0 Å². The Hall–Kier alpha value is -4.16. The largest absolute Gasteiger partial charge is 0.496 e. The quantitative estimate of drug-likeness (QED) is 0.202. The summed E-state index contributed by atoms with van der Waals surface area (Å²) >= 11 is 6.18. The predicted octanol–water partition coefficient (Wildman–Crippen LogP) is 9.06. The van der Waals surface area contributed by atoms with Gasteiger partial charge in [0.1, 0.15) is 35.4 Å². The molecule has 7 heteroatoms. The van der Waals surface area contributed by atoms with Gasteiger partial charge in [-0.15, -0.1) is 0 Å². The van der Waals surface area contributed by atoms with Crippen molar-refractivity contribution in [1.29, 1.82) is 0 Å². The molecule has 0 atom stereocenters. The number of halogens is 2. The number of methoxy groups -OCH3 is 1. The molecular weight excluding hydrogens is 541 g/mol. The van der Waals surface area contributed by atoms with E-state index >= 15 is 0 Å². The molecule has 0 saturated heterocycles. The summed E-state index contributed by atoms with van der Waals surface area (Å²) in [6.07, 6.45) is 2.21. The Kier molecular flexibility index (Phi) is 8.13. The van der Waals surface area contributed by atoms with Crippen LogP contribution in [0.4, 0.5) is 10.1 Å². The van der Waals surface area contributed by atoms with Crippen molar-refractivity contribution in [2.45, 2.75) is 39.8 Å². The fourth-order valence-corrected chi connectivity index (χ4v) is 5.38. The zero-order chi connectivity index (χ0) is 29.1. The molecule has 0 aliphatic carbocycles. The molecule has 212 valence electrons. The second kappa shape index (κ2) is 11.8. The van der Waals surface area contributed by atoms with Crippen LogP contribution in [0.15, 0.2) is 78.9 Å². The Morgan fingerprint density at radius 2 is 1.61 bits per heavy atom. The second-order valence-corrected chi connectivity index (χ2v) is 11.0. The van der Waals surface area contributed by atoms with Gasteiger partial charge in [-0.1, -0.05) is 41.9 Å². The number of anilines is 1. The molecular formula is C34H33ClFNO4. The fraction of sp³-hybridized carbons (Fsp3) is 0.235. The zero-order valence-corrected chi connectivity index (χ0v) is 24.6. The van der Waals surface area contributed by atoms with E-state index < -0.39 is 0 Å². The first kappa shape index (κ1) is 28.4. The third-order valence-electron chi connectivity index (χ3n) is 7.00. The molecule has 5 nitrogen and oxygen atoms in total. The van der Waals surface area contributed by atoms with Crippen LogP contribution in [0.3, 0.4) is 0 Å². The van der Waals surface area contributed by atoms with Crippen LogP contribution in [0.25, 0.3) is 16.7 Å². The summed E-state index contributed by atoms with van der Waals surface area (Å²) in [5, 5.41) is 4.13. The highest BCUT2D eigenvalue weighted by Gasteiger charge is 2.27. The minimum absolute atomic E-state index is 0.0113. The summed E-state index contributed by atoms with van der Waals surface area (Å²) in [5.74, 6) is 1.94. The number of rotatable bonds is 9. The van der Waals surface area contributed by atoms with E-state index in [9.17, 15) is 4.39 Å². The van der Waals surface area contributed by atoms with Crippen molar-refractivity contribution in [3.63, 3.8) is 0 Å². The Balaban J connectivity index is 1.49. The van der Waals surface area contributed by atoms with Crippen LogP contribution in [-0.4, -0.2) is 19.4 Å². The Morgan fingerprint density at radius 1 is 0.829 bits per heavy atom. The number of fused-ring (bicyclic) bond motifs is 1. The highest BCUT2D eigenvalue weighted by molar-refractivity contribution is 6.32. The summed E-state index contributed by atoms with van der Waals surface area (Å²) < 4.78 is 37.6. The summed E-state index contributed by atoms with van der Waals surface area (Å²) in [6.45, 7) is 8.51. The molecule has 0 saturated carbocycles. The van der Waals surface area contributed by atoms with E-state index in [1.807, 2.05) is 37.3 Å². The third kappa shape index (κ3) is 6.28. The van der Waals surface area contributed by atoms with Gasteiger partial charge >= 0.3 is 0 Å². The van der Waals surface area contributed by atoms with Crippen molar-refractivity contribution >= 4 is 22.9 Å². The SMILES string of the molecule is COc1cc(OCOc2ccccc2Cl)ccc1-c1ccc2c(c1COc1cc(F)ccc1C)C(C)=CC(C)(C)N2. The van der Waals surface area contributed by atoms with E-state index in [2.05, 4.69) is 44.3 Å². The minimum Gasteiger partial charge on any atom is -0.496 e. The van der Waals surface area contributed by atoms with Crippen LogP contribution in [0.5, 0.6) is 23.0 Å². The average molecular weight is 574 g/mol. The van der Waals surface area contributed by atoms with Gasteiger partial charge in [-0.05, 0) is 80.8 Å². The molecule has 5 rings (SSSR count). The van der Waals surface area contributed by atoms with Gasteiger partial charge in [0, 0.05) is 34.5 Å². The Morgan fingerprint density at radius 3 is 2.39 bits per heavy atom. The van der Waals surface area contributed by atoms with Crippen molar-refractivity contribution in [1.82, 2.24) is 0 Å². The molecule has 0 unspecified atom stereocenters. The van der Waals surface area contributed by atoms with Crippen molar-refractivity contribution in [2.75, 3.05) is 19.2 Å². The molecule has 1 heterocycles. The molecule has 0 amide bonds. The number of allylic oxidation sites excluding steroid dienone is 1. The van der Waals surface area contributed by atoms with Crippen LogP contribution in [0.1, 0.15) is 37.5 Å². The van der Waals surface area contributed by atoms with Gasteiger partial charge in [0.25, 0.3) is 0 Å². The van der Waals surface area contributed by atoms with Crippen LogP contribution in [0, 0.1) is 12.7 Å². The lowest BCUT2D eigenvalue weighted by Gasteiger charge is -2.33. The number of nitrogens with one attached hydrogen (secondary N) is 1. The van der Waals surface area contributed by atoms with Crippen LogP contribution < -0.4 is 24.3 Å². The lowest BCUT2D eigenvalue weighted by atomic mass is 9.85. The lowest BCUT2D eigenvalue weighted by Crippen LogP contribution is -2.32. The van der Waals surface area contributed by atoms with Crippen LogP contribution >= 0.6 is 11.6 Å². The summed E-state index contributed by atoms with van der Waals surface area (Å²) in [7, 11) is 1.63. The fourth-order valence-electron chi connectivity index (χ4n) is 5.19. The Bertz CT molecular complexity index is 1610. The maximum atomic E-state index is 14.0. The summed E-state index contributed by atoms with van der Waals surface area (Å²) in [4.78, 5) is 0. The van der Waals surface area contributed by atoms with Gasteiger partial charge in [-0.3, -0.25) is 0 Å². The monoisotopic (exact) mass is 573 g/mol. The first-order chi connectivity index (χ1) is 19.6. The molecule has 0 bridgehead atoms. The van der Waals surface area contributed by atoms with Crippen molar-refractivity contribution in [3.05, 3.63) is 106 Å². The number of para-hydroxylation sites is 1. The predicted molar refractivity (Wildman–Crippen MR) is 163 cm³/mol. The van der Waals surface area contributed by atoms with E-state index in [1.54, 1.807) is 25.3 Å². The molecule has 41 heavy (non-hydrogen) atoms. The van der Waals surface area contributed by atoms with Gasteiger partial charge in [-0.25, -0.2) is 4.39 Å². The standard InChI is InChI=1S/C34H33ClFNO4/c1-21-10-11-23(36)16-31(21)39-19-27-25(14-15-29-33(27)22(2)18-34(3,4)37-29)26-13-12-24(17-32(26)38-5)40-20-41-30-9-7-6-8-28(30)35/h6-18,37H,19-20H2,1-5H3. The van der Waals surface area contributed by atoms with E-state index in [0.717, 1.165) is 39.1 Å². The number of benzene rings is 4. The molecule has 0 radical (unpaired) electrons. The van der Waals surface area contributed by atoms with Crippen molar-refractivity contribution in [3.8, 4) is 34.1 Å². The normalized spacial score (nSPS) is 13.5. The Labute approximate surface area is 245 Å². The zero-order valence-electron chi connectivity index (χ0n) is 23.8. The summed E-state index contributed by atoms with van der Waals surface area (Å²) in [5.41, 5.74) is 6.67. The highest BCUT2D eigenvalue weighted by Crippen LogP contribution is 2.43. The molecule has 4 aromatic carbocycles. The van der Waals surface area contributed by atoms with Gasteiger partial charge in [0.15, 0.2) is 0 Å². The molecule has 4 aromatic rings. The maximum absolute atomic E-state index is 14.0. The number of aryl methyl sites for hydroxylation is 1. The summed E-state index contributed by atoms with van der Waals surface area (Å²) in [6, 6.07) is 21.6. The van der Waals surface area contributed by atoms with Crippen molar-refractivity contribution < 1.29 is 23.3 Å². The molecule has 0 spiro atoms. The van der Waals surface area contributed by atoms with Crippen LogP contribution in [-0.2, 0) is 6.61 Å². The molecule has 1 aliphatic heterocycles. The third-order valence-corrected chi connectivity index (χ3v) is 7.32. The van der Waals surface area contributed by atoms with Crippen LogP contribution in [0.2, 0.25) is 5.02 Å².